The standard InChI is InChI=1S/C12H17BrN4O/c1-8(2)5-6-17-12(9(7-14)15-16-17)10-3-4-11(13)18-10/h3-4,8H,5-7,14H2,1-2H3. The first-order chi connectivity index (χ1) is 8.61. The van der Waals surface area contributed by atoms with Crippen LogP contribution in [0.2, 0.25) is 0 Å². The van der Waals surface area contributed by atoms with E-state index in [2.05, 4.69) is 40.1 Å². The number of rotatable bonds is 5. The number of hydrogen-bond donors (Lipinski definition) is 1. The molecule has 0 bridgehead atoms. The van der Waals surface area contributed by atoms with Crippen LogP contribution >= 0.6 is 15.9 Å². The molecule has 0 unspecified atom stereocenters. The highest BCUT2D eigenvalue weighted by molar-refractivity contribution is 9.10. The van der Waals surface area contributed by atoms with Crippen molar-refractivity contribution < 1.29 is 4.42 Å². The van der Waals surface area contributed by atoms with Gasteiger partial charge in [0.1, 0.15) is 11.4 Å². The molecule has 2 heterocycles. The van der Waals surface area contributed by atoms with Crippen LogP contribution in [0, 0.1) is 5.92 Å². The summed E-state index contributed by atoms with van der Waals surface area (Å²) in [5.41, 5.74) is 7.34. The summed E-state index contributed by atoms with van der Waals surface area (Å²) < 4.78 is 8.14. The van der Waals surface area contributed by atoms with Crippen LogP contribution < -0.4 is 5.73 Å². The second-order valence-corrected chi connectivity index (χ2v) is 5.38. The van der Waals surface area contributed by atoms with Gasteiger partial charge in [-0.15, -0.1) is 5.10 Å². The van der Waals surface area contributed by atoms with Crippen LogP contribution in [0.15, 0.2) is 21.2 Å². The summed E-state index contributed by atoms with van der Waals surface area (Å²) in [5, 5.41) is 8.27. The molecule has 2 aromatic heterocycles. The van der Waals surface area contributed by atoms with Gasteiger partial charge in [-0.05, 0) is 40.4 Å². The first-order valence-corrected chi connectivity index (χ1v) is 6.79. The van der Waals surface area contributed by atoms with Crippen molar-refractivity contribution in [2.24, 2.45) is 11.7 Å². The number of halogens is 1. The number of hydrogen-bond acceptors (Lipinski definition) is 4. The van der Waals surface area contributed by atoms with Crippen molar-refractivity contribution in [3.05, 3.63) is 22.5 Å². The van der Waals surface area contributed by atoms with Crippen LogP contribution in [0.3, 0.4) is 0 Å². The lowest BCUT2D eigenvalue weighted by atomic mass is 10.1. The molecule has 5 nitrogen and oxygen atoms in total. The highest BCUT2D eigenvalue weighted by atomic mass is 79.9. The second-order valence-electron chi connectivity index (χ2n) is 4.60. The first-order valence-electron chi connectivity index (χ1n) is 6.00. The Bertz CT molecular complexity index is 518. The minimum Gasteiger partial charge on any atom is -0.448 e. The zero-order valence-electron chi connectivity index (χ0n) is 10.6. The SMILES string of the molecule is CC(C)CCn1nnc(CN)c1-c1ccc(Br)o1. The lowest BCUT2D eigenvalue weighted by Gasteiger charge is -2.07. The second kappa shape index (κ2) is 5.67. The van der Waals surface area contributed by atoms with Crippen molar-refractivity contribution in [2.75, 3.05) is 0 Å². The van der Waals surface area contributed by atoms with Gasteiger partial charge in [-0.1, -0.05) is 19.1 Å². The first kappa shape index (κ1) is 13.3. The summed E-state index contributed by atoms with van der Waals surface area (Å²) in [4.78, 5) is 0. The molecule has 2 aromatic rings. The summed E-state index contributed by atoms with van der Waals surface area (Å²) in [5.74, 6) is 1.36. The molecule has 2 N–H and O–H groups in total. The number of nitrogens with two attached hydrogens (primary N) is 1. The predicted octanol–water partition coefficient (Wildman–Crippen LogP) is 2.81. The molecular formula is C12H17BrN4O. The lowest BCUT2D eigenvalue weighted by molar-refractivity contribution is 0.473. The van der Waals surface area contributed by atoms with Crippen molar-refractivity contribution in [2.45, 2.75) is 33.4 Å². The van der Waals surface area contributed by atoms with Gasteiger partial charge >= 0.3 is 0 Å². The molecule has 0 amide bonds. The van der Waals surface area contributed by atoms with Crippen molar-refractivity contribution >= 4 is 15.9 Å². The number of nitrogens with zero attached hydrogens (tertiary/aromatic N) is 3. The third-order valence-corrected chi connectivity index (χ3v) is 3.15. The van der Waals surface area contributed by atoms with Gasteiger partial charge in [-0.2, -0.15) is 0 Å². The van der Waals surface area contributed by atoms with Crippen LogP contribution in [0.5, 0.6) is 0 Å². The fourth-order valence-electron chi connectivity index (χ4n) is 1.73. The van der Waals surface area contributed by atoms with Gasteiger partial charge < -0.3 is 10.2 Å². The summed E-state index contributed by atoms with van der Waals surface area (Å²) in [6.07, 6.45) is 1.04. The van der Waals surface area contributed by atoms with Gasteiger partial charge in [0.2, 0.25) is 0 Å². The van der Waals surface area contributed by atoms with Gasteiger partial charge in [0, 0.05) is 13.1 Å². The summed E-state index contributed by atoms with van der Waals surface area (Å²) in [6, 6.07) is 3.75. The maximum Gasteiger partial charge on any atom is 0.169 e. The number of aromatic nitrogens is 3. The zero-order valence-corrected chi connectivity index (χ0v) is 12.1. The van der Waals surface area contributed by atoms with E-state index < -0.39 is 0 Å². The van der Waals surface area contributed by atoms with E-state index in [0.29, 0.717) is 17.1 Å². The number of aryl methyl sites for hydroxylation is 1. The van der Waals surface area contributed by atoms with Crippen molar-refractivity contribution in [1.82, 2.24) is 15.0 Å². The van der Waals surface area contributed by atoms with E-state index in [1.165, 1.54) is 0 Å². The fraction of sp³-hybridized carbons (Fsp3) is 0.500. The normalized spacial score (nSPS) is 11.4. The average molecular weight is 313 g/mol. The molecule has 2 rings (SSSR count). The minimum absolute atomic E-state index is 0.356. The molecule has 0 radical (unpaired) electrons. The summed E-state index contributed by atoms with van der Waals surface area (Å²) in [7, 11) is 0. The van der Waals surface area contributed by atoms with E-state index >= 15 is 0 Å². The van der Waals surface area contributed by atoms with Crippen LogP contribution in [-0.4, -0.2) is 15.0 Å². The Morgan fingerprint density at radius 2 is 2.22 bits per heavy atom. The molecule has 0 saturated carbocycles. The average Bonchev–Trinajstić information content (AvgIpc) is 2.91. The molecule has 0 saturated heterocycles. The largest absolute Gasteiger partial charge is 0.448 e. The van der Waals surface area contributed by atoms with E-state index in [1.54, 1.807) is 0 Å². The highest BCUT2D eigenvalue weighted by Crippen LogP contribution is 2.27. The Morgan fingerprint density at radius 3 is 2.78 bits per heavy atom. The van der Waals surface area contributed by atoms with Crippen LogP contribution in [0.1, 0.15) is 26.0 Å². The molecule has 0 aliphatic carbocycles. The molecule has 18 heavy (non-hydrogen) atoms. The van der Waals surface area contributed by atoms with E-state index in [-0.39, 0.29) is 0 Å². The molecular weight excluding hydrogens is 296 g/mol. The monoisotopic (exact) mass is 312 g/mol. The fourth-order valence-corrected chi connectivity index (χ4v) is 2.04. The lowest BCUT2D eigenvalue weighted by Crippen LogP contribution is -2.06. The van der Waals surface area contributed by atoms with Crippen molar-refractivity contribution in [3.63, 3.8) is 0 Å². The van der Waals surface area contributed by atoms with Crippen molar-refractivity contribution in [1.29, 1.82) is 0 Å². The molecule has 6 heteroatoms. The minimum atomic E-state index is 0.356. The van der Waals surface area contributed by atoms with Gasteiger partial charge in [-0.3, -0.25) is 0 Å². The Hall–Kier alpha value is -1.14. The predicted molar refractivity (Wildman–Crippen MR) is 72.8 cm³/mol. The molecule has 0 aromatic carbocycles. The molecule has 0 spiro atoms. The highest BCUT2D eigenvalue weighted by Gasteiger charge is 2.17. The van der Waals surface area contributed by atoms with E-state index in [4.69, 9.17) is 10.2 Å². The van der Waals surface area contributed by atoms with Gasteiger partial charge in [0.05, 0.1) is 0 Å². The molecule has 0 aliphatic heterocycles. The third kappa shape index (κ3) is 2.81. The molecule has 0 fully saturated rings. The van der Waals surface area contributed by atoms with E-state index in [9.17, 15) is 0 Å². The maximum absolute atomic E-state index is 5.69. The van der Waals surface area contributed by atoms with E-state index in [1.807, 2.05) is 16.8 Å². The summed E-state index contributed by atoms with van der Waals surface area (Å²) >= 11 is 3.30. The topological polar surface area (TPSA) is 69.9 Å². The van der Waals surface area contributed by atoms with Gasteiger partial charge in [-0.25, -0.2) is 4.68 Å². The van der Waals surface area contributed by atoms with Crippen LogP contribution in [0.4, 0.5) is 0 Å². The quantitative estimate of drug-likeness (QED) is 0.921. The Kier molecular flexibility index (Phi) is 4.19. The van der Waals surface area contributed by atoms with Crippen molar-refractivity contribution in [3.8, 4) is 11.5 Å². The molecule has 0 aliphatic rings. The smallest absolute Gasteiger partial charge is 0.169 e. The Labute approximate surface area is 114 Å². The number of furan rings is 1. The molecule has 0 atom stereocenters. The Balaban J connectivity index is 2.33. The van der Waals surface area contributed by atoms with Crippen LogP contribution in [0.25, 0.3) is 11.5 Å². The Morgan fingerprint density at radius 1 is 1.44 bits per heavy atom. The van der Waals surface area contributed by atoms with Crippen LogP contribution in [-0.2, 0) is 13.1 Å². The molecule has 98 valence electrons. The van der Waals surface area contributed by atoms with Gasteiger partial charge in [0.25, 0.3) is 0 Å². The maximum atomic E-state index is 5.69. The zero-order chi connectivity index (χ0) is 13.1. The van der Waals surface area contributed by atoms with E-state index in [0.717, 1.165) is 30.1 Å². The van der Waals surface area contributed by atoms with Gasteiger partial charge in [0.15, 0.2) is 10.4 Å². The third-order valence-electron chi connectivity index (χ3n) is 2.72. The summed E-state index contributed by atoms with van der Waals surface area (Å²) in [6.45, 7) is 5.54.